The van der Waals surface area contributed by atoms with Crippen LogP contribution in [0.5, 0.6) is 46.0 Å². The second kappa shape index (κ2) is 6.65. The maximum atomic E-state index is 12.9. The fourth-order valence-electron chi connectivity index (χ4n) is 2.82. The van der Waals surface area contributed by atoms with E-state index in [-0.39, 0.29) is 33.8 Å². The van der Waals surface area contributed by atoms with Crippen molar-refractivity contribution in [2.24, 2.45) is 0 Å². The summed E-state index contributed by atoms with van der Waals surface area (Å²) in [6.07, 6.45) is 0. The first-order valence-electron chi connectivity index (χ1n) is 7.72. The number of methoxy groups -OCH3 is 3. The Hall–Kier alpha value is -3.95. The van der Waals surface area contributed by atoms with Crippen LogP contribution in [-0.2, 0) is 0 Å². The van der Waals surface area contributed by atoms with Crippen molar-refractivity contribution in [3.63, 3.8) is 0 Å². The molecule has 0 saturated carbocycles. The highest BCUT2D eigenvalue weighted by Gasteiger charge is 2.29. The van der Waals surface area contributed by atoms with Crippen LogP contribution in [0.4, 0.5) is 0 Å². The second-order valence-electron chi connectivity index (χ2n) is 5.62. The number of ether oxygens (including phenoxy) is 3. The molecule has 0 aliphatic heterocycles. The van der Waals surface area contributed by atoms with Crippen LogP contribution in [0.2, 0.25) is 0 Å². The summed E-state index contributed by atoms with van der Waals surface area (Å²) in [6.45, 7) is 0. The molecular formula is C18H16O10. The molecule has 28 heavy (non-hydrogen) atoms. The number of hydrogen-bond acceptors (Lipinski definition) is 10. The van der Waals surface area contributed by atoms with Gasteiger partial charge in [-0.2, -0.15) is 0 Å². The van der Waals surface area contributed by atoms with E-state index in [0.29, 0.717) is 0 Å². The zero-order chi connectivity index (χ0) is 20.7. The molecule has 3 aromatic rings. The largest absolute Gasteiger partial charge is 0.504 e. The van der Waals surface area contributed by atoms with Gasteiger partial charge in [0.15, 0.2) is 34.3 Å². The maximum Gasteiger partial charge on any atom is 0.239 e. The molecule has 0 fully saturated rings. The second-order valence-corrected chi connectivity index (χ2v) is 5.62. The summed E-state index contributed by atoms with van der Waals surface area (Å²) in [7, 11) is 3.55. The first-order chi connectivity index (χ1) is 13.3. The monoisotopic (exact) mass is 392 g/mol. The van der Waals surface area contributed by atoms with Gasteiger partial charge in [-0.1, -0.05) is 0 Å². The van der Waals surface area contributed by atoms with Crippen molar-refractivity contribution in [3.8, 4) is 57.3 Å². The highest BCUT2D eigenvalue weighted by atomic mass is 16.5. The fourth-order valence-corrected chi connectivity index (χ4v) is 2.82. The minimum absolute atomic E-state index is 0.0273. The first kappa shape index (κ1) is 18.8. The average molecular weight is 392 g/mol. The van der Waals surface area contributed by atoms with Gasteiger partial charge < -0.3 is 44.2 Å². The standard InChI is InChI=1S/C18H16O10/c1-25-16-11(22)9-12(23)17(26-2)14(28-15(9)18(27-3)13(16)24)6-4-7(19)10(21)8(20)5-6/h4-5,19-22,24H,1-3H3. The third-order valence-corrected chi connectivity index (χ3v) is 4.10. The molecule has 10 nitrogen and oxygen atoms in total. The molecule has 1 aromatic heterocycles. The Morgan fingerprint density at radius 3 is 1.79 bits per heavy atom. The molecule has 5 N–H and O–H groups in total. The highest BCUT2D eigenvalue weighted by molar-refractivity contribution is 5.96. The zero-order valence-corrected chi connectivity index (χ0v) is 14.9. The van der Waals surface area contributed by atoms with Crippen molar-refractivity contribution in [1.29, 1.82) is 0 Å². The van der Waals surface area contributed by atoms with E-state index in [0.717, 1.165) is 12.1 Å². The first-order valence-corrected chi connectivity index (χ1v) is 7.72. The van der Waals surface area contributed by atoms with E-state index >= 15 is 0 Å². The van der Waals surface area contributed by atoms with Gasteiger partial charge in [-0.25, -0.2) is 0 Å². The summed E-state index contributed by atoms with van der Waals surface area (Å²) in [6, 6.07) is 2.05. The van der Waals surface area contributed by atoms with Gasteiger partial charge >= 0.3 is 0 Å². The van der Waals surface area contributed by atoms with Crippen LogP contribution in [0.15, 0.2) is 21.3 Å². The molecule has 0 saturated heterocycles. The fraction of sp³-hybridized carbons (Fsp3) is 0.167. The van der Waals surface area contributed by atoms with Crippen LogP contribution in [0.1, 0.15) is 0 Å². The predicted molar refractivity (Wildman–Crippen MR) is 95.9 cm³/mol. The molecule has 0 radical (unpaired) electrons. The number of fused-ring (bicyclic) bond motifs is 1. The number of benzene rings is 2. The Balaban J connectivity index is 2.52. The number of rotatable bonds is 4. The average Bonchev–Trinajstić information content (AvgIpc) is 2.65. The van der Waals surface area contributed by atoms with Crippen molar-refractivity contribution in [2.45, 2.75) is 0 Å². The molecule has 10 heteroatoms. The SMILES string of the molecule is COc1c(O)c(OC)c2oc(-c3cc(O)c(O)c(O)c3)c(OC)c(=O)c2c1O. The summed E-state index contributed by atoms with van der Waals surface area (Å²) in [5.74, 6) is -4.72. The number of hydrogen-bond donors (Lipinski definition) is 5. The summed E-state index contributed by atoms with van der Waals surface area (Å²) in [5, 5.41) is 49.3. The van der Waals surface area contributed by atoms with Gasteiger partial charge in [0.2, 0.25) is 28.4 Å². The molecule has 0 atom stereocenters. The van der Waals surface area contributed by atoms with E-state index in [9.17, 15) is 30.3 Å². The molecule has 148 valence electrons. The predicted octanol–water partition coefficient (Wildman–Crippen LogP) is 2.01. The van der Waals surface area contributed by atoms with Crippen LogP contribution in [0.25, 0.3) is 22.3 Å². The van der Waals surface area contributed by atoms with Crippen LogP contribution in [0.3, 0.4) is 0 Å². The quantitative estimate of drug-likeness (QED) is 0.416. The van der Waals surface area contributed by atoms with Crippen LogP contribution in [0, 0.1) is 0 Å². The Morgan fingerprint density at radius 1 is 0.750 bits per heavy atom. The van der Waals surface area contributed by atoms with E-state index in [1.807, 2.05) is 0 Å². The van der Waals surface area contributed by atoms with E-state index in [1.165, 1.54) is 21.3 Å². The number of phenols is 5. The van der Waals surface area contributed by atoms with Crippen molar-refractivity contribution in [3.05, 3.63) is 22.4 Å². The van der Waals surface area contributed by atoms with Crippen molar-refractivity contribution in [2.75, 3.05) is 21.3 Å². The van der Waals surface area contributed by atoms with Crippen molar-refractivity contribution >= 4 is 11.0 Å². The third-order valence-electron chi connectivity index (χ3n) is 4.10. The molecular weight excluding hydrogens is 376 g/mol. The van der Waals surface area contributed by atoms with E-state index in [1.54, 1.807) is 0 Å². The molecule has 0 bridgehead atoms. The van der Waals surface area contributed by atoms with Crippen LogP contribution in [-0.4, -0.2) is 46.9 Å². The summed E-state index contributed by atoms with van der Waals surface area (Å²) in [5.41, 5.74) is -1.19. The summed E-state index contributed by atoms with van der Waals surface area (Å²) in [4.78, 5) is 12.9. The lowest BCUT2D eigenvalue weighted by Gasteiger charge is -2.15. The van der Waals surface area contributed by atoms with E-state index < -0.39 is 39.9 Å². The molecule has 0 aliphatic carbocycles. The van der Waals surface area contributed by atoms with E-state index in [2.05, 4.69) is 0 Å². The molecule has 0 aliphatic rings. The lowest BCUT2D eigenvalue weighted by atomic mass is 10.1. The topological polar surface area (TPSA) is 159 Å². The molecule has 2 aromatic carbocycles. The normalized spacial score (nSPS) is 10.8. The van der Waals surface area contributed by atoms with Gasteiger partial charge in [0, 0.05) is 5.56 Å². The van der Waals surface area contributed by atoms with Gasteiger partial charge in [0.25, 0.3) is 0 Å². The molecule has 1 heterocycles. The van der Waals surface area contributed by atoms with Crippen molar-refractivity contribution in [1.82, 2.24) is 0 Å². The Bertz CT molecular complexity index is 1120. The molecule has 0 unspecified atom stereocenters. The van der Waals surface area contributed by atoms with Gasteiger partial charge in [-0.15, -0.1) is 0 Å². The molecule has 0 amide bonds. The van der Waals surface area contributed by atoms with Crippen LogP contribution >= 0.6 is 0 Å². The van der Waals surface area contributed by atoms with Gasteiger partial charge in [-0.05, 0) is 12.1 Å². The Morgan fingerprint density at radius 2 is 1.29 bits per heavy atom. The van der Waals surface area contributed by atoms with Crippen LogP contribution < -0.4 is 19.6 Å². The summed E-state index contributed by atoms with van der Waals surface area (Å²) < 4.78 is 20.8. The molecule has 0 spiro atoms. The lowest BCUT2D eigenvalue weighted by Crippen LogP contribution is -2.09. The van der Waals surface area contributed by atoms with Crippen molar-refractivity contribution < 1.29 is 44.2 Å². The van der Waals surface area contributed by atoms with Gasteiger partial charge in [0.1, 0.15) is 5.39 Å². The number of phenolic OH excluding ortho intramolecular Hbond substituents is 5. The smallest absolute Gasteiger partial charge is 0.239 e. The zero-order valence-electron chi connectivity index (χ0n) is 14.9. The van der Waals surface area contributed by atoms with E-state index in [4.69, 9.17) is 18.6 Å². The van der Waals surface area contributed by atoms with Gasteiger partial charge in [-0.3, -0.25) is 4.79 Å². The minimum Gasteiger partial charge on any atom is -0.504 e. The maximum absolute atomic E-state index is 12.9. The van der Waals surface area contributed by atoms with Gasteiger partial charge in [0.05, 0.1) is 21.3 Å². The lowest BCUT2D eigenvalue weighted by molar-refractivity contribution is 0.322. The minimum atomic E-state index is -0.833. The Kier molecular flexibility index (Phi) is 4.47. The highest BCUT2D eigenvalue weighted by Crippen LogP contribution is 2.50. The third kappa shape index (κ3) is 2.54. The molecule has 3 rings (SSSR count). The Labute approximate surface area is 157 Å². The number of aromatic hydroxyl groups is 5. The summed E-state index contributed by atoms with van der Waals surface area (Å²) >= 11 is 0.